The summed E-state index contributed by atoms with van der Waals surface area (Å²) in [5, 5.41) is 8.85. The summed E-state index contributed by atoms with van der Waals surface area (Å²) in [6.07, 6.45) is 0.551. The first-order chi connectivity index (χ1) is 3.42. The number of hydrogen-bond acceptors (Lipinski definition) is 1. The predicted octanol–water partition coefficient (Wildman–Crippen LogP) is -0.222. The van der Waals surface area contributed by atoms with Crippen LogP contribution in [0.5, 0.6) is 0 Å². The number of quaternary nitrogens is 1. The normalized spacial score (nSPS) is 16.1. The van der Waals surface area contributed by atoms with Crippen molar-refractivity contribution in [3.05, 3.63) is 0 Å². The van der Waals surface area contributed by atoms with Crippen molar-refractivity contribution in [2.24, 2.45) is 0 Å². The molecule has 0 rings (SSSR count). The third kappa shape index (κ3) is 5.92. The van der Waals surface area contributed by atoms with Gasteiger partial charge in [-0.1, -0.05) is 0 Å². The topological polar surface area (TPSA) is 47.9 Å². The monoisotopic (exact) mass is 118 g/mol. The Morgan fingerprint density at radius 1 is 1.62 bits per heavy atom. The minimum absolute atomic E-state index is 0.0220. The van der Waals surface area contributed by atoms with Gasteiger partial charge in [0.25, 0.3) is 0 Å². The van der Waals surface area contributed by atoms with E-state index < -0.39 is 0 Å². The van der Waals surface area contributed by atoms with Gasteiger partial charge in [-0.3, -0.25) is 0 Å². The summed E-state index contributed by atoms with van der Waals surface area (Å²) in [6.45, 7) is 5.81. The van der Waals surface area contributed by atoms with Gasteiger partial charge in [0.2, 0.25) is 0 Å². The molecule has 0 spiro atoms. The van der Waals surface area contributed by atoms with Crippen molar-refractivity contribution in [2.45, 2.75) is 38.8 Å². The molecule has 2 nitrogen and oxygen atoms in total. The van der Waals surface area contributed by atoms with E-state index in [4.69, 9.17) is 5.11 Å². The minimum Gasteiger partial charge on any atom is -0.393 e. The Balaban J connectivity index is 3.39. The fraction of sp³-hybridized carbons (Fsp3) is 1.00. The van der Waals surface area contributed by atoms with Crippen LogP contribution in [0.3, 0.4) is 0 Å². The van der Waals surface area contributed by atoms with Crippen LogP contribution in [-0.2, 0) is 0 Å². The molecule has 0 amide bonds. The fourth-order valence-corrected chi connectivity index (χ4v) is 0.800. The quantitative estimate of drug-likeness (QED) is 0.517. The molecule has 2 heteroatoms. The molecular weight excluding hydrogens is 102 g/mol. The molecule has 0 unspecified atom stereocenters. The molecule has 0 aliphatic rings. The van der Waals surface area contributed by atoms with E-state index in [1.807, 2.05) is 13.8 Å². The SMILES string of the molecule is C[C@@H](O)CC(C)(C)[NH3+]. The summed E-state index contributed by atoms with van der Waals surface area (Å²) < 4.78 is 0. The number of aliphatic hydroxyl groups excluding tert-OH is 1. The van der Waals surface area contributed by atoms with Gasteiger partial charge in [-0.25, -0.2) is 0 Å². The molecule has 1 atom stereocenters. The van der Waals surface area contributed by atoms with Gasteiger partial charge >= 0.3 is 0 Å². The van der Waals surface area contributed by atoms with Crippen molar-refractivity contribution in [3.8, 4) is 0 Å². The second-order valence-electron chi connectivity index (χ2n) is 3.22. The van der Waals surface area contributed by atoms with Crippen LogP contribution in [0.25, 0.3) is 0 Å². The Hall–Kier alpha value is -0.0800. The number of hydrogen-bond donors (Lipinski definition) is 2. The van der Waals surface area contributed by atoms with Crippen molar-refractivity contribution < 1.29 is 10.8 Å². The zero-order chi connectivity index (χ0) is 6.78. The lowest BCUT2D eigenvalue weighted by Gasteiger charge is -2.15. The molecule has 8 heavy (non-hydrogen) atoms. The highest BCUT2D eigenvalue weighted by atomic mass is 16.3. The predicted molar refractivity (Wildman–Crippen MR) is 33.3 cm³/mol. The van der Waals surface area contributed by atoms with E-state index in [0.29, 0.717) is 0 Å². The standard InChI is InChI=1S/C6H15NO/c1-5(8)4-6(2,3)7/h5,8H,4,7H2,1-3H3/p+1/t5-/m1/s1. The van der Waals surface area contributed by atoms with Crippen LogP contribution in [0.4, 0.5) is 0 Å². The van der Waals surface area contributed by atoms with Crippen LogP contribution in [0.15, 0.2) is 0 Å². The van der Waals surface area contributed by atoms with Crippen LogP contribution in [0, 0.1) is 0 Å². The molecule has 0 aromatic heterocycles. The maximum atomic E-state index is 8.85. The molecule has 0 aliphatic heterocycles. The summed E-state index contributed by atoms with van der Waals surface area (Å²) in [4.78, 5) is 0. The number of aliphatic hydroxyl groups is 1. The largest absolute Gasteiger partial charge is 0.393 e. The summed E-state index contributed by atoms with van der Waals surface area (Å²) >= 11 is 0. The van der Waals surface area contributed by atoms with Crippen molar-refractivity contribution in [1.29, 1.82) is 0 Å². The second-order valence-corrected chi connectivity index (χ2v) is 3.22. The maximum absolute atomic E-state index is 8.85. The van der Waals surface area contributed by atoms with E-state index in [-0.39, 0.29) is 11.6 Å². The molecule has 0 fully saturated rings. The van der Waals surface area contributed by atoms with E-state index in [0.717, 1.165) is 6.42 Å². The van der Waals surface area contributed by atoms with E-state index in [1.165, 1.54) is 0 Å². The smallest absolute Gasteiger partial charge is 0.0913 e. The maximum Gasteiger partial charge on any atom is 0.0913 e. The zero-order valence-corrected chi connectivity index (χ0v) is 5.94. The third-order valence-corrected chi connectivity index (χ3v) is 0.848. The Morgan fingerprint density at radius 2 is 2.00 bits per heavy atom. The summed E-state index contributed by atoms with van der Waals surface area (Å²) in [5.41, 5.74) is 3.87. The molecule has 0 aliphatic carbocycles. The van der Waals surface area contributed by atoms with Crippen LogP contribution < -0.4 is 5.73 Å². The van der Waals surface area contributed by atoms with Gasteiger partial charge in [0.15, 0.2) is 0 Å². The Morgan fingerprint density at radius 3 is 2.00 bits per heavy atom. The third-order valence-electron chi connectivity index (χ3n) is 0.848. The highest BCUT2D eigenvalue weighted by molar-refractivity contribution is 4.65. The molecule has 0 aromatic rings. The summed E-state index contributed by atoms with van der Waals surface area (Å²) in [7, 11) is 0. The van der Waals surface area contributed by atoms with Gasteiger partial charge < -0.3 is 10.8 Å². The Bertz CT molecular complexity index is 63.4. The van der Waals surface area contributed by atoms with Gasteiger partial charge in [0, 0.05) is 6.42 Å². The van der Waals surface area contributed by atoms with Gasteiger partial charge in [0.1, 0.15) is 0 Å². The van der Waals surface area contributed by atoms with Gasteiger partial charge in [0.05, 0.1) is 11.6 Å². The molecule has 0 heterocycles. The van der Waals surface area contributed by atoms with E-state index in [1.54, 1.807) is 6.92 Å². The Labute approximate surface area is 50.7 Å². The Kier molecular flexibility index (Phi) is 2.44. The molecule has 0 aromatic carbocycles. The summed E-state index contributed by atoms with van der Waals surface area (Å²) in [5.74, 6) is 0. The minimum atomic E-state index is -0.220. The van der Waals surface area contributed by atoms with Crippen LogP contribution in [0.1, 0.15) is 27.2 Å². The first-order valence-electron chi connectivity index (χ1n) is 2.95. The molecule has 0 radical (unpaired) electrons. The molecular formula is C6H16NO+. The van der Waals surface area contributed by atoms with E-state index in [2.05, 4.69) is 5.73 Å². The highest BCUT2D eigenvalue weighted by Gasteiger charge is 2.16. The molecule has 4 N–H and O–H groups in total. The van der Waals surface area contributed by atoms with E-state index >= 15 is 0 Å². The molecule has 0 saturated heterocycles. The van der Waals surface area contributed by atoms with Crippen molar-refractivity contribution in [1.82, 2.24) is 0 Å². The van der Waals surface area contributed by atoms with E-state index in [9.17, 15) is 0 Å². The first kappa shape index (κ1) is 7.92. The fourth-order valence-electron chi connectivity index (χ4n) is 0.800. The van der Waals surface area contributed by atoms with Crippen LogP contribution >= 0.6 is 0 Å². The van der Waals surface area contributed by atoms with Crippen molar-refractivity contribution in [3.63, 3.8) is 0 Å². The summed E-state index contributed by atoms with van der Waals surface area (Å²) in [6, 6.07) is 0. The average Bonchev–Trinajstić information content (AvgIpc) is 1.21. The highest BCUT2D eigenvalue weighted by Crippen LogP contribution is 2.03. The molecule has 50 valence electrons. The lowest BCUT2D eigenvalue weighted by Crippen LogP contribution is -2.69. The van der Waals surface area contributed by atoms with Gasteiger partial charge in [-0.15, -0.1) is 0 Å². The molecule has 0 bridgehead atoms. The van der Waals surface area contributed by atoms with Crippen molar-refractivity contribution >= 4 is 0 Å². The average molecular weight is 118 g/mol. The lowest BCUT2D eigenvalue weighted by molar-refractivity contribution is -0.469. The van der Waals surface area contributed by atoms with Crippen molar-refractivity contribution in [2.75, 3.05) is 0 Å². The van der Waals surface area contributed by atoms with Crippen LogP contribution in [-0.4, -0.2) is 16.7 Å². The first-order valence-corrected chi connectivity index (χ1v) is 2.95. The lowest BCUT2D eigenvalue weighted by atomic mass is 9.99. The zero-order valence-electron chi connectivity index (χ0n) is 5.94. The second kappa shape index (κ2) is 2.46. The molecule has 0 saturated carbocycles. The van der Waals surface area contributed by atoms with Gasteiger partial charge in [-0.2, -0.15) is 0 Å². The number of rotatable bonds is 2. The van der Waals surface area contributed by atoms with Crippen LogP contribution in [0.2, 0.25) is 0 Å². The van der Waals surface area contributed by atoms with Gasteiger partial charge in [-0.05, 0) is 20.8 Å².